The molecule has 144 valence electrons. The van der Waals surface area contributed by atoms with Gasteiger partial charge in [-0.25, -0.2) is 0 Å². The van der Waals surface area contributed by atoms with Crippen LogP contribution >= 0.6 is 11.8 Å². The van der Waals surface area contributed by atoms with Gasteiger partial charge in [0.15, 0.2) is 5.16 Å². The van der Waals surface area contributed by atoms with Crippen LogP contribution in [0.25, 0.3) is 5.69 Å². The minimum atomic E-state index is -0.869. The third kappa shape index (κ3) is 4.58. The highest BCUT2D eigenvalue weighted by Crippen LogP contribution is 2.21. The second-order valence-corrected chi connectivity index (χ2v) is 7.30. The Hall–Kier alpha value is -3.13. The monoisotopic (exact) mass is 395 g/mol. The molecule has 3 N–H and O–H groups in total. The molecule has 1 atom stereocenters. The largest absolute Gasteiger partial charge is 0.368 e. The molecule has 0 aliphatic heterocycles. The van der Waals surface area contributed by atoms with Gasteiger partial charge in [-0.1, -0.05) is 48.2 Å². The number of hydrogen-bond acceptors (Lipinski definition) is 5. The Morgan fingerprint density at radius 3 is 2.57 bits per heavy atom. The zero-order chi connectivity index (χ0) is 20.1. The van der Waals surface area contributed by atoms with E-state index in [0.717, 1.165) is 11.3 Å². The summed E-state index contributed by atoms with van der Waals surface area (Å²) in [5, 5.41) is 11.3. The number of nitrogens with two attached hydrogens (primary N) is 1. The lowest BCUT2D eigenvalue weighted by atomic mass is 10.1. The number of rotatable bonds is 7. The summed E-state index contributed by atoms with van der Waals surface area (Å²) >= 11 is 1.24. The highest BCUT2D eigenvalue weighted by Gasteiger charge is 2.20. The molecule has 0 aliphatic rings. The predicted octanol–water partition coefficient (Wildman–Crippen LogP) is 2.32. The van der Waals surface area contributed by atoms with Crippen molar-refractivity contribution in [1.82, 2.24) is 20.1 Å². The average molecular weight is 395 g/mol. The SMILES string of the molecule is Cc1ccc(-n2cnnc2SCC(=O)NC(C(N)=O)c2ccccc2)cc1C. The van der Waals surface area contributed by atoms with E-state index < -0.39 is 11.9 Å². The molecule has 1 aromatic heterocycles. The number of primary amides is 1. The number of nitrogens with zero attached hydrogens (tertiary/aromatic N) is 3. The topological polar surface area (TPSA) is 103 Å². The molecule has 3 aromatic rings. The second-order valence-electron chi connectivity index (χ2n) is 6.35. The van der Waals surface area contributed by atoms with Crippen molar-refractivity contribution in [3.05, 3.63) is 71.5 Å². The lowest BCUT2D eigenvalue weighted by molar-refractivity contribution is -0.126. The first-order valence-electron chi connectivity index (χ1n) is 8.70. The van der Waals surface area contributed by atoms with Crippen LogP contribution in [0.2, 0.25) is 0 Å². The smallest absolute Gasteiger partial charge is 0.244 e. The van der Waals surface area contributed by atoms with E-state index in [1.165, 1.54) is 17.3 Å². The molecule has 0 spiro atoms. The molecule has 8 heteroatoms. The summed E-state index contributed by atoms with van der Waals surface area (Å²) in [5.41, 5.74) is 9.38. The second kappa shape index (κ2) is 8.71. The molecule has 3 rings (SSSR count). The van der Waals surface area contributed by atoms with E-state index in [0.29, 0.717) is 10.7 Å². The van der Waals surface area contributed by atoms with Gasteiger partial charge in [0.2, 0.25) is 11.8 Å². The molecule has 1 unspecified atom stereocenters. The van der Waals surface area contributed by atoms with Gasteiger partial charge in [0.05, 0.1) is 5.75 Å². The van der Waals surface area contributed by atoms with Gasteiger partial charge in [0.25, 0.3) is 0 Å². The molecule has 0 saturated carbocycles. The van der Waals surface area contributed by atoms with Crippen molar-refractivity contribution in [2.24, 2.45) is 5.73 Å². The maximum Gasteiger partial charge on any atom is 0.244 e. The third-order valence-corrected chi connectivity index (χ3v) is 5.28. The number of hydrogen-bond donors (Lipinski definition) is 2. The van der Waals surface area contributed by atoms with Crippen LogP contribution in [0.3, 0.4) is 0 Å². The number of aromatic nitrogens is 3. The number of benzene rings is 2. The minimum Gasteiger partial charge on any atom is -0.368 e. The maximum atomic E-state index is 12.4. The summed E-state index contributed by atoms with van der Waals surface area (Å²) in [7, 11) is 0. The standard InChI is InChI=1S/C20H21N5O2S/c1-13-8-9-16(10-14(13)2)25-12-22-24-20(25)28-11-17(26)23-18(19(21)27)15-6-4-3-5-7-15/h3-10,12,18H,11H2,1-2H3,(H2,21,27)(H,23,26). The molecular weight excluding hydrogens is 374 g/mol. The van der Waals surface area contributed by atoms with Crippen molar-refractivity contribution < 1.29 is 9.59 Å². The van der Waals surface area contributed by atoms with Gasteiger partial charge >= 0.3 is 0 Å². The fourth-order valence-electron chi connectivity index (χ4n) is 2.67. The Bertz CT molecular complexity index is 987. The van der Waals surface area contributed by atoms with Crippen LogP contribution in [0.5, 0.6) is 0 Å². The fraction of sp³-hybridized carbons (Fsp3) is 0.200. The van der Waals surface area contributed by atoms with E-state index in [-0.39, 0.29) is 11.7 Å². The predicted molar refractivity (Wildman–Crippen MR) is 108 cm³/mol. The molecule has 2 amide bonds. The normalized spacial score (nSPS) is 11.8. The number of amides is 2. The first-order valence-corrected chi connectivity index (χ1v) is 9.68. The van der Waals surface area contributed by atoms with Crippen LogP contribution in [0.4, 0.5) is 0 Å². The van der Waals surface area contributed by atoms with Crippen molar-refractivity contribution in [2.45, 2.75) is 25.0 Å². The summed E-state index contributed by atoms with van der Waals surface area (Å²) in [6.45, 7) is 4.09. The van der Waals surface area contributed by atoms with Crippen LogP contribution in [-0.4, -0.2) is 32.3 Å². The summed E-state index contributed by atoms with van der Waals surface area (Å²) in [5.74, 6) is -0.838. The molecule has 28 heavy (non-hydrogen) atoms. The molecule has 1 heterocycles. The highest BCUT2D eigenvalue weighted by atomic mass is 32.2. The van der Waals surface area contributed by atoms with Gasteiger partial charge in [-0.05, 0) is 42.7 Å². The van der Waals surface area contributed by atoms with Crippen molar-refractivity contribution in [1.29, 1.82) is 0 Å². The summed E-state index contributed by atoms with van der Waals surface area (Å²) in [6.07, 6.45) is 1.61. The average Bonchev–Trinajstić information content (AvgIpc) is 3.15. The minimum absolute atomic E-state index is 0.0835. The molecule has 0 radical (unpaired) electrons. The lowest BCUT2D eigenvalue weighted by Crippen LogP contribution is -2.38. The van der Waals surface area contributed by atoms with E-state index in [2.05, 4.69) is 15.5 Å². The summed E-state index contributed by atoms with van der Waals surface area (Å²) in [6, 6.07) is 14.1. The van der Waals surface area contributed by atoms with Crippen LogP contribution in [0.15, 0.2) is 60.0 Å². The zero-order valence-corrected chi connectivity index (χ0v) is 16.4. The highest BCUT2D eigenvalue weighted by molar-refractivity contribution is 7.99. The van der Waals surface area contributed by atoms with Crippen molar-refractivity contribution in [3.63, 3.8) is 0 Å². The first kappa shape index (κ1) is 19.6. The number of thioether (sulfide) groups is 1. The number of carbonyl (C=O) groups excluding carboxylic acids is 2. The fourth-order valence-corrected chi connectivity index (χ4v) is 3.41. The van der Waals surface area contributed by atoms with Crippen molar-refractivity contribution in [3.8, 4) is 5.69 Å². The summed E-state index contributed by atoms with van der Waals surface area (Å²) < 4.78 is 1.83. The number of aryl methyl sites for hydroxylation is 2. The lowest BCUT2D eigenvalue weighted by Gasteiger charge is -2.15. The van der Waals surface area contributed by atoms with Crippen molar-refractivity contribution >= 4 is 23.6 Å². The molecule has 0 aliphatic carbocycles. The van der Waals surface area contributed by atoms with Crippen molar-refractivity contribution in [2.75, 3.05) is 5.75 Å². The maximum absolute atomic E-state index is 12.4. The van der Waals surface area contributed by atoms with Gasteiger partial charge in [-0.15, -0.1) is 10.2 Å². The third-order valence-electron chi connectivity index (χ3n) is 4.34. The van der Waals surface area contributed by atoms with Gasteiger partial charge < -0.3 is 11.1 Å². The summed E-state index contributed by atoms with van der Waals surface area (Å²) in [4.78, 5) is 24.1. The Morgan fingerprint density at radius 1 is 1.14 bits per heavy atom. The van der Waals surface area contributed by atoms with E-state index in [1.807, 2.05) is 42.7 Å². The number of nitrogens with one attached hydrogen (secondary N) is 1. The molecule has 0 bridgehead atoms. The van der Waals surface area contributed by atoms with E-state index in [9.17, 15) is 9.59 Å². The first-order chi connectivity index (χ1) is 13.5. The van der Waals surface area contributed by atoms with Gasteiger partial charge in [-0.2, -0.15) is 0 Å². The van der Waals surface area contributed by atoms with Gasteiger partial charge in [0, 0.05) is 5.69 Å². The van der Waals surface area contributed by atoms with Gasteiger partial charge in [0.1, 0.15) is 12.4 Å². The van der Waals surface area contributed by atoms with Crippen LogP contribution in [0, 0.1) is 13.8 Å². The zero-order valence-electron chi connectivity index (χ0n) is 15.6. The Labute approximate surface area is 167 Å². The Kier molecular flexibility index (Phi) is 6.10. The number of carbonyl (C=O) groups is 2. The quantitative estimate of drug-likeness (QED) is 0.598. The van der Waals surface area contributed by atoms with Crippen LogP contribution < -0.4 is 11.1 Å². The van der Waals surface area contributed by atoms with E-state index >= 15 is 0 Å². The van der Waals surface area contributed by atoms with Crippen LogP contribution in [-0.2, 0) is 9.59 Å². The molecule has 2 aromatic carbocycles. The molecular formula is C20H21N5O2S. The molecule has 7 nitrogen and oxygen atoms in total. The Balaban J connectivity index is 1.67. The Morgan fingerprint density at radius 2 is 1.89 bits per heavy atom. The molecule has 0 saturated heterocycles. The van der Waals surface area contributed by atoms with E-state index in [4.69, 9.17) is 5.73 Å². The van der Waals surface area contributed by atoms with E-state index in [1.54, 1.807) is 30.6 Å². The van der Waals surface area contributed by atoms with Gasteiger partial charge in [-0.3, -0.25) is 14.2 Å². The van der Waals surface area contributed by atoms with Crippen LogP contribution in [0.1, 0.15) is 22.7 Å². The molecule has 0 fully saturated rings.